The van der Waals surface area contributed by atoms with E-state index in [1.54, 1.807) is 6.08 Å². The third kappa shape index (κ3) is 8.96. The van der Waals surface area contributed by atoms with Crippen LogP contribution in [-0.4, -0.2) is 0 Å². The van der Waals surface area contributed by atoms with E-state index in [0.717, 1.165) is 6.42 Å². The second kappa shape index (κ2) is 9.96. The smallest absolute Gasteiger partial charge is 0.0313 e. The zero-order valence-corrected chi connectivity index (χ0v) is 7.87. The molecule has 12 heavy (non-hydrogen) atoms. The van der Waals surface area contributed by atoms with Crippen LogP contribution in [0.2, 0.25) is 0 Å². The molecule has 0 amide bonds. The van der Waals surface area contributed by atoms with Crippen molar-refractivity contribution in [2.24, 2.45) is 0 Å². The molecule has 1 aliphatic carbocycles. The highest BCUT2D eigenvalue weighted by molar-refractivity contribution is 5.07. The van der Waals surface area contributed by atoms with E-state index in [-0.39, 0.29) is 0 Å². The minimum Gasteiger partial charge on any atom is -0.0991 e. The Morgan fingerprint density at radius 1 is 1.25 bits per heavy atom. The minimum atomic E-state index is 1.10. The summed E-state index contributed by atoms with van der Waals surface area (Å²) in [6.45, 7) is 5.61. The van der Waals surface area contributed by atoms with E-state index in [1.807, 2.05) is 6.08 Å². The maximum Gasteiger partial charge on any atom is -0.0313 e. The molecule has 1 aliphatic rings. The van der Waals surface area contributed by atoms with Gasteiger partial charge in [0.25, 0.3) is 0 Å². The quantitative estimate of drug-likeness (QED) is 0.538. The van der Waals surface area contributed by atoms with Crippen LogP contribution < -0.4 is 0 Å². The summed E-state index contributed by atoms with van der Waals surface area (Å²) in [6.07, 6.45) is 17.9. The van der Waals surface area contributed by atoms with Gasteiger partial charge in [0, 0.05) is 0 Å². The maximum atomic E-state index is 3.51. The van der Waals surface area contributed by atoms with Crippen molar-refractivity contribution < 1.29 is 0 Å². The van der Waals surface area contributed by atoms with Gasteiger partial charge in [-0.1, -0.05) is 56.0 Å². The first-order valence-electron chi connectivity index (χ1n) is 4.51. The highest BCUT2D eigenvalue weighted by atomic mass is 13.8. The van der Waals surface area contributed by atoms with Crippen LogP contribution in [0.3, 0.4) is 0 Å². The molecular weight excluding hydrogens is 144 g/mol. The second-order valence-electron chi connectivity index (χ2n) is 2.51. The predicted octanol–water partition coefficient (Wildman–Crippen LogP) is 4.03. The standard InChI is InChI=1S/C6H8.C6H10/c1-2-4-6-5-3-1;1-3-5-6-4-2/h1-4H,5-6H2;3,5-6H,1,4H2,2H3. The van der Waals surface area contributed by atoms with Gasteiger partial charge in [0.15, 0.2) is 0 Å². The van der Waals surface area contributed by atoms with Crippen molar-refractivity contribution in [3.8, 4) is 0 Å². The molecule has 0 aromatic rings. The lowest BCUT2D eigenvalue weighted by molar-refractivity contribution is 1.04. The molecule has 0 aliphatic heterocycles. The summed E-state index contributed by atoms with van der Waals surface area (Å²) in [7, 11) is 0. The fourth-order valence-electron chi connectivity index (χ4n) is 0.774. The van der Waals surface area contributed by atoms with Crippen LogP contribution in [0.15, 0.2) is 49.1 Å². The van der Waals surface area contributed by atoms with Gasteiger partial charge in [-0.2, -0.15) is 0 Å². The first-order chi connectivity index (χ1) is 5.91. The van der Waals surface area contributed by atoms with E-state index in [0.29, 0.717) is 0 Å². The van der Waals surface area contributed by atoms with Crippen molar-refractivity contribution in [1.29, 1.82) is 0 Å². The molecular formula is C12H18. The van der Waals surface area contributed by atoms with E-state index < -0.39 is 0 Å². The average Bonchev–Trinajstić information content (AvgIpc) is 2.18. The SMILES string of the molecule is C1=CCCC=C1.C=CC=CCC. The minimum absolute atomic E-state index is 1.10. The molecule has 0 aromatic heterocycles. The molecule has 0 nitrogen and oxygen atoms in total. The summed E-state index contributed by atoms with van der Waals surface area (Å²) in [4.78, 5) is 0. The van der Waals surface area contributed by atoms with Crippen molar-refractivity contribution in [2.45, 2.75) is 26.2 Å². The Bertz CT molecular complexity index is 156. The zero-order chi connectivity index (χ0) is 9.07. The molecule has 0 unspecified atom stereocenters. The second-order valence-corrected chi connectivity index (χ2v) is 2.51. The Labute approximate surface area is 76.0 Å². The van der Waals surface area contributed by atoms with Gasteiger partial charge >= 0.3 is 0 Å². The molecule has 0 fully saturated rings. The van der Waals surface area contributed by atoms with Crippen molar-refractivity contribution in [3.05, 3.63) is 49.1 Å². The normalized spacial score (nSPS) is 14.1. The topological polar surface area (TPSA) is 0 Å². The number of hydrogen-bond acceptors (Lipinski definition) is 0. The van der Waals surface area contributed by atoms with Crippen LogP contribution in [0.25, 0.3) is 0 Å². The number of rotatable bonds is 2. The van der Waals surface area contributed by atoms with Crippen LogP contribution in [0.1, 0.15) is 26.2 Å². The van der Waals surface area contributed by atoms with Gasteiger partial charge in [-0.05, 0) is 19.3 Å². The Kier molecular flexibility index (Phi) is 9.10. The molecule has 0 heterocycles. The Balaban J connectivity index is 0.000000202. The molecule has 0 bridgehead atoms. The van der Waals surface area contributed by atoms with Crippen LogP contribution in [0.5, 0.6) is 0 Å². The van der Waals surface area contributed by atoms with Gasteiger partial charge in [-0.3, -0.25) is 0 Å². The van der Waals surface area contributed by atoms with Crippen molar-refractivity contribution in [1.82, 2.24) is 0 Å². The van der Waals surface area contributed by atoms with E-state index in [9.17, 15) is 0 Å². The van der Waals surface area contributed by atoms with Crippen LogP contribution >= 0.6 is 0 Å². The van der Waals surface area contributed by atoms with Gasteiger partial charge in [0.1, 0.15) is 0 Å². The molecule has 0 N–H and O–H groups in total. The van der Waals surface area contributed by atoms with Gasteiger partial charge in [-0.25, -0.2) is 0 Å². The molecule has 0 atom stereocenters. The van der Waals surface area contributed by atoms with Gasteiger partial charge in [-0.15, -0.1) is 0 Å². The summed E-state index contributed by atoms with van der Waals surface area (Å²) < 4.78 is 0. The van der Waals surface area contributed by atoms with E-state index >= 15 is 0 Å². The first kappa shape index (κ1) is 11.0. The lowest BCUT2D eigenvalue weighted by Gasteiger charge is -1.88. The molecule has 1 rings (SSSR count). The first-order valence-corrected chi connectivity index (χ1v) is 4.51. The third-order valence-electron chi connectivity index (χ3n) is 1.39. The summed E-state index contributed by atoms with van der Waals surface area (Å²) in [5, 5.41) is 0. The summed E-state index contributed by atoms with van der Waals surface area (Å²) in [5.74, 6) is 0. The molecule has 0 radical (unpaired) electrons. The molecule has 0 aromatic carbocycles. The van der Waals surface area contributed by atoms with Crippen LogP contribution in [0.4, 0.5) is 0 Å². The summed E-state index contributed by atoms with van der Waals surface area (Å²) in [5.41, 5.74) is 0. The molecule has 0 spiro atoms. The summed E-state index contributed by atoms with van der Waals surface area (Å²) in [6, 6.07) is 0. The van der Waals surface area contributed by atoms with Crippen LogP contribution in [-0.2, 0) is 0 Å². The number of hydrogen-bond donors (Lipinski definition) is 0. The largest absolute Gasteiger partial charge is 0.0991 e. The van der Waals surface area contributed by atoms with Gasteiger partial charge in [0.05, 0.1) is 0 Å². The van der Waals surface area contributed by atoms with Gasteiger partial charge in [0.2, 0.25) is 0 Å². The van der Waals surface area contributed by atoms with E-state index in [1.165, 1.54) is 12.8 Å². The highest BCUT2D eigenvalue weighted by Crippen LogP contribution is 1.98. The van der Waals surface area contributed by atoms with Crippen molar-refractivity contribution in [3.63, 3.8) is 0 Å². The maximum absolute atomic E-state index is 3.51. The van der Waals surface area contributed by atoms with Crippen molar-refractivity contribution in [2.75, 3.05) is 0 Å². The molecule has 0 heteroatoms. The fourth-order valence-corrected chi connectivity index (χ4v) is 0.774. The Morgan fingerprint density at radius 3 is 2.00 bits per heavy atom. The Hall–Kier alpha value is -1.04. The molecule has 66 valence electrons. The van der Waals surface area contributed by atoms with Crippen molar-refractivity contribution >= 4 is 0 Å². The van der Waals surface area contributed by atoms with E-state index in [2.05, 4.69) is 43.9 Å². The molecule has 0 saturated heterocycles. The number of allylic oxidation sites excluding steroid dienone is 7. The summed E-state index contributed by atoms with van der Waals surface area (Å²) >= 11 is 0. The zero-order valence-electron chi connectivity index (χ0n) is 7.87. The monoisotopic (exact) mass is 162 g/mol. The predicted molar refractivity (Wildman–Crippen MR) is 57.1 cm³/mol. The lowest BCUT2D eigenvalue weighted by Crippen LogP contribution is -1.67. The average molecular weight is 162 g/mol. The van der Waals surface area contributed by atoms with E-state index in [4.69, 9.17) is 0 Å². The lowest BCUT2D eigenvalue weighted by atomic mass is 10.2. The Morgan fingerprint density at radius 2 is 1.83 bits per heavy atom. The van der Waals surface area contributed by atoms with Gasteiger partial charge < -0.3 is 0 Å². The fraction of sp³-hybridized carbons (Fsp3) is 0.333. The third-order valence-corrected chi connectivity index (χ3v) is 1.39. The highest BCUT2D eigenvalue weighted by Gasteiger charge is 1.77. The molecule has 0 saturated carbocycles. The van der Waals surface area contributed by atoms with Crippen LogP contribution in [0, 0.1) is 0 Å².